The van der Waals surface area contributed by atoms with Gasteiger partial charge in [0.2, 0.25) is 12.7 Å². The monoisotopic (exact) mass is 313 g/mol. The predicted octanol–water partition coefficient (Wildman–Crippen LogP) is 1.50. The summed E-state index contributed by atoms with van der Waals surface area (Å²) in [5.74, 6) is 1.73. The summed E-state index contributed by atoms with van der Waals surface area (Å²) < 4.78 is 16.3. The van der Waals surface area contributed by atoms with Gasteiger partial charge in [-0.05, 0) is 24.3 Å². The molecule has 2 aliphatic rings. The molecular formula is C16H15N3O4. The lowest BCUT2D eigenvalue weighted by molar-refractivity contribution is 0.0770. The third kappa shape index (κ3) is 2.77. The number of amides is 1. The van der Waals surface area contributed by atoms with Gasteiger partial charge >= 0.3 is 0 Å². The van der Waals surface area contributed by atoms with Crippen molar-refractivity contribution < 1.29 is 19.0 Å². The van der Waals surface area contributed by atoms with Gasteiger partial charge in [-0.3, -0.25) is 4.79 Å². The number of benzene rings is 1. The third-order valence-electron chi connectivity index (χ3n) is 3.89. The van der Waals surface area contributed by atoms with Crippen LogP contribution in [0.2, 0.25) is 0 Å². The molecule has 2 aromatic rings. The summed E-state index contributed by atoms with van der Waals surface area (Å²) in [6, 6.07) is 8.77. The van der Waals surface area contributed by atoms with Crippen LogP contribution in [0.1, 0.15) is 16.8 Å². The highest BCUT2D eigenvalue weighted by Gasteiger charge is 2.29. The largest absolute Gasteiger partial charge is 0.471 e. The molecule has 1 aromatic heterocycles. The summed E-state index contributed by atoms with van der Waals surface area (Å²) in [6.45, 7) is 1.38. The first kappa shape index (κ1) is 13.8. The number of hydrogen-bond acceptors (Lipinski definition) is 6. The summed E-state index contributed by atoms with van der Waals surface area (Å²) in [5, 5.41) is 7.68. The molecule has 23 heavy (non-hydrogen) atoms. The Labute approximate surface area is 132 Å². The molecule has 1 amide bonds. The maximum atomic E-state index is 12.6. The Morgan fingerprint density at radius 3 is 3.04 bits per heavy atom. The molecule has 1 aromatic carbocycles. The fourth-order valence-corrected chi connectivity index (χ4v) is 2.74. The number of rotatable bonds is 3. The summed E-state index contributed by atoms with van der Waals surface area (Å²) in [4.78, 5) is 14.4. The number of carbonyl (C=O) groups is 1. The fraction of sp³-hybridized carbons (Fsp3) is 0.312. The topological polar surface area (TPSA) is 73.8 Å². The van der Waals surface area contributed by atoms with E-state index in [2.05, 4.69) is 10.2 Å². The first-order valence-electron chi connectivity index (χ1n) is 7.43. The number of nitrogens with zero attached hydrogens (tertiary/aromatic N) is 3. The van der Waals surface area contributed by atoms with Gasteiger partial charge in [-0.25, -0.2) is 0 Å². The Kier molecular flexibility index (Phi) is 3.45. The second-order valence-electron chi connectivity index (χ2n) is 5.41. The van der Waals surface area contributed by atoms with Crippen molar-refractivity contribution in [2.24, 2.45) is 0 Å². The van der Waals surface area contributed by atoms with Crippen molar-refractivity contribution in [1.29, 1.82) is 0 Å². The molecule has 0 spiro atoms. The van der Waals surface area contributed by atoms with E-state index in [0.29, 0.717) is 36.0 Å². The van der Waals surface area contributed by atoms with Gasteiger partial charge in [0.25, 0.3) is 5.91 Å². The molecule has 0 aliphatic carbocycles. The molecule has 0 saturated carbocycles. The van der Waals surface area contributed by atoms with E-state index >= 15 is 0 Å². The maximum absolute atomic E-state index is 12.6. The van der Waals surface area contributed by atoms with Crippen LogP contribution in [0, 0.1) is 0 Å². The smallest absolute Gasteiger partial charge is 0.254 e. The zero-order valence-corrected chi connectivity index (χ0v) is 12.3. The Morgan fingerprint density at radius 2 is 2.17 bits per heavy atom. The summed E-state index contributed by atoms with van der Waals surface area (Å²) in [7, 11) is 0. The maximum Gasteiger partial charge on any atom is 0.254 e. The highest BCUT2D eigenvalue weighted by atomic mass is 16.7. The fourth-order valence-electron chi connectivity index (χ4n) is 2.74. The highest BCUT2D eigenvalue weighted by Crippen LogP contribution is 2.33. The molecule has 0 radical (unpaired) electrons. The molecule has 0 bridgehead atoms. The highest BCUT2D eigenvalue weighted by molar-refractivity contribution is 5.95. The number of carbonyl (C=O) groups excluding carboxylic acids is 1. The number of fused-ring (bicyclic) bond motifs is 1. The number of likely N-dealkylation sites (tertiary alicyclic amines) is 1. The Morgan fingerprint density at radius 1 is 1.26 bits per heavy atom. The predicted molar refractivity (Wildman–Crippen MR) is 79.5 cm³/mol. The molecule has 2 aliphatic heterocycles. The molecule has 118 valence electrons. The summed E-state index contributed by atoms with van der Waals surface area (Å²) >= 11 is 0. The van der Waals surface area contributed by atoms with Crippen LogP contribution in [0.15, 0.2) is 36.5 Å². The number of aromatic nitrogens is 2. The summed E-state index contributed by atoms with van der Waals surface area (Å²) in [5.41, 5.74) is 0.592. The zero-order valence-electron chi connectivity index (χ0n) is 12.3. The second kappa shape index (κ2) is 5.75. The van der Waals surface area contributed by atoms with Crippen molar-refractivity contribution in [2.75, 3.05) is 19.9 Å². The molecule has 1 atom stereocenters. The summed E-state index contributed by atoms with van der Waals surface area (Å²) in [6.07, 6.45) is 2.30. The van der Waals surface area contributed by atoms with Crippen molar-refractivity contribution in [3.63, 3.8) is 0 Å². The molecule has 0 unspecified atom stereocenters. The Hall–Kier alpha value is -2.83. The molecule has 7 heteroatoms. The van der Waals surface area contributed by atoms with Crippen LogP contribution < -0.4 is 14.2 Å². The Balaban J connectivity index is 1.42. The first-order chi connectivity index (χ1) is 11.3. The van der Waals surface area contributed by atoms with Crippen molar-refractivity contribution in [3.8, 4) is 17.4 Å². The quantitative estimate of drug-likeness (QED) is 0.855. The average molecular weight is 313 g/mol. The van der Waals surface area contributed by atoms with Crippen LogP contribution in [0.5, 0.6) is 17.4 Å². The van der Waals surface area contributed by atoms with Gasteiger partial charge in [0.15, 0.2) is 11.5 Å². The van der Waals surface area contributed by atoms with Crippen LogP contribution >= 0.6 is 0 Å². The van der Waals surface area contributed by atoms with Gasteiger partial charge < -0.3 is 19.1 Å². The number of hydrogen-bond donors (Lipinski definition) is 0. The van der Waals surface area contributed by atoms with Crippen LogP contribution in [-0.4, -0.2) is 47.0 Å². The third-order valence-corrected chi connectivity index (χ3v) is 3.89. The molecular weight excluding hydrogens is 298 g/mol. The van der Waals surface area contributed by atoms with Gasteiger partial charge in [0.1, 0.15) is 6.10 Å². The van der Waals surface area contributed by atoms with Crippen LogP contribution in [0.25, 0.3) is 0 Å². The van der Waals surface area contributed by atoms with Crippen LogP contribution in [0.3, 0.4) is 0 Å². The van der Waals surface area contributed by atoms with Crippen molar-refractivity contribution >= 4 is 5.91 Å². The van der Waals surface area contributed by atoms with E-state index < -0.39 is 0 Å². The molecule has 7 nitrogen and oxygen atoms in total. The molecule has 1 saturated heterocycles. The standard InChI is InChI=1S/C16H15N3O4/c20-16(11-3-4-13-14(8-11)22-10-21-13)19-7-5-12(9-19)23-15-2-1-6-17-18-15/h1-4,6,8,12H,5,7,9-10H2/t12-/m1/s1. The van der Waals surface area contributed by atoms with Gasteiger partial charge in [0.05, 0.1) is 6.54 Å². The SMILES string of the molecule is O=C(c1ccc2c(c1)OCO2)N1CC[C@@H](Oc2cccnn2)C1. The second-order valence-corrected chi connectivity index (χ2v) is 5.41. The van der Waals surface area contributed by atoms with Gasteiger partial charge in [-0.2, -0.15) is 5.10 Å². The number of ether oxygens (including phenoxy) is 3. The van der Waals surface area contributed by atoms with E-state index in [1.165, 1.54) is 0 Å². The lowest BCUT2D eigenvalue weighted by Gasteiger charge is -2.17. The van der Waals surface area contributed by atoms with Gasteiger partial charge in [-0.1, -0.05) is 0 Å². The lowest BCUT2D eigenvalue weighted by atomic mass is 10.2. The van der Waals surface area contributed by atoms with E-state index in [4.69, 9.17) is 14.2 Å². The van der Waals surface area contributed by atoms with E-state index in [-0.39, 0.29) is 18.8 Å². The zero-order chi connectivity index (χ0) is 15.6. The van der Waals surface area contributed by atoms with E-state index in [0.717, 1.165) is 6.42 Å². The normalized spacial score (nSPS) is 19.0. The molecule has 1 fully saturated rings. The van der Waals surface area contributed by atoms with Gasteiger partial charge in [-0.15, -0.1) is 5.10 Å². The van der Waals surface area contributed by atoms with E-state index in [1.807, 2.05) is 0 Å². The lowest BCUT2D eigenvalue weighted by Crippen LogP contribution is -2.31. The Bertz CT molecular complexity index is 723. The minimum absolute atomic E-state index is 0.0338. The van der Waals surface area contributed by atoms with E-state index in [1.54, 1.807) is 41.4 Å². The van der Waals surface area contributed by atoms with Crippen LogP contribution in [-0.2, 0) is 0 Å². The first-order valence-corrected chi connectivity index (χ1v) is 7.43. The van der Waals surface area contributed by atoms with Crippen LogP contribution in [0.4, 0.5) is 0 Å². The van der Waals surface area contributed by atoms with Crippen molar-refractivity contribution in [1.82, 2.24) is 15.1 Å². The average Bonchev–Trinajstić information content (AvgIpc) is 3.23. The van der Waals surface area contributed by atoms with E-state index in [9.17, 15) is 4.79 Å². The van der Waals surface area contributed by atoms with Gasteiger partial charge in [0, 0.05) is 30.8 Å². The molecule has 3 heterocycles. The van der Waals surface area contributed by atoms with Crippen molar-refractivity contribution in [2.45, 2.75) is 12.5 Å². The minimum Gasteiger partial charge on any atom is -0.471 e. The molecule has 4 rings (SSSR count). The minimum atomic E-state index is -0.0651. The molecule has 0 N–H and O–H groups in total. The van der Waals surface area contributed by atoms with Crippen molar-refractivity contribution in [3.05, 3.63) is 42.1 Å².